The minimum absolute atomic E-state index is 0.0396. The lowest BCUT2D eigenvalue weighted by molar-refractivity contribution is 0.101. The molecule has 2 nitrogen and oxygen atoms in total. The Balaban J connectivity index is 3.25. The molecule has 0 saturated carbocycles. The molecule has 82 valence electrons. The van der Waals surface area contributed by atoms with E-state index in [1.54, 1.807) is 12.1 Å². The first-order valence-electron chi connectivity index (χ1n) is 5.23. The van der Waals surface area contributed by atoms with Gasteiger partial charge >= 0.3 is 0 Å². The summed E-state index contributed by atoms with van der Waals surface area (Å²) < 4.78 is 0. The predicted molar refractivity (Wildman–Crippen MR) is 61.4 cm³/mol. The third-order valence-corrected chi connectivity index (χ3v) is 3.04. The molecule has 0 aliphatic rings. The van der Waals surface area contributed by atoms with Crippen LogP contribution in [-0.2, 0) is 5.41 Å². The lowest BCUT2D eigenvalue weighted by Crippen LogP contribution is -2.16. The van der Waals surface area contributed by atoms with Gasteiger partial charge in [-0.15, -0.1) is 0 Å². The zero-order valence-corrected chi connectivity index (χ0v) is 9.79. The van der Waals surface area contributed by atoms with Crippen LogP contribution in [0.1, 0.15) is 50.0 Å². The van der Waals surface area contributed by atoms with Crippen LogP contribution < -0.4 is 0 Å². The second-order valence-electron chi connectivity index (χ2n) is 4.53. The Morgan fingerprint density at radius 2 is 2.00 bits per heavy atom. The molecule has 1 aromatic rings. The molecule has 1 N–H and O–H groups in total. The normalized spacial score (nSPS) is 11.5. The largest absolute Gasteiger partial charge is 0.507 e. The Labute approximate surface area is 90.9 Å². The number of hydrogen-bond acceptors (Lipinski definition) is 2. The Morgan fingerprint density at radius 3 is 2.47 bits per heavy atom. The molecule has 0 spiro atoms. The van der Waals surface area contributed by atoms with Crippen LogP contribution >= 0.6 is 0 Å². The molecular weight excluding hydrogens is 188 g/mol. The molecule has 15 heavy (non-hydrogen) atoms. The fourth-order valence-corrected chi connectivity index (χ4v) is 1.44. The molecule has 0 saturated heterocycles. The van der Waals surface area contributed by atoms with Gasteiger partial charge in [-0.3, -0.25) is 4.79 Å². The summed E-state index contributed by atoms with van der Waals surface area (Å²) in [5.74, 6) is -0.0283. The average Bonchev–Trinajstić information content (AvgIpc) is 2.17. The van der Waals surface area contributed by atoms with Crippen LogP contribution in [0.3, 0.4) is 0 Å². The molecule has 0 unspecified atom stereocenters. The SMILES string of the molecule is CCC(C)(C)c1ccc(O)c(C(C)=O)c1. The molecule has 1 rings (SSSR count). The van der Waals surface area contributed by atoms with Gasteiger partial charge in [-0.25, -0.2) is 0 Å². The summed E-state index contributed by atoms with van der Waals surface area (Å²) in [6.45, 7) is 7.84. The standard InChI is InChI=1S/C13H18O2/c1-5-13(3,4)10-6-7-12(15)11(8-10)9(2)14/h6-8,15H,5H2,1-4H3. The van der Waals surface area contributed by atoms with Crippen molar-refractivity contribution in [3.05, 3.63) is 29.3 Å². The maximum atomic E-state index is 11.3. The molecule has 0 radical (unpaired) electrons. The Hall–Kier alpha value is -1.31. The monoisotopic (exact) mass is 206 g/mol. The van der Waals surface area contributed by atoms with Crippen LogP contribution in [0.4, 0.5) is 0 Å². The van der Waals surface area contributed by atoms with Gasteiger partial charge in [0.25, 0.3) is 0 Å². The Bertz CT molecular complexity index is 378. The van der Waals surface area contributed by atoms with Gasteiger partial charge in [0.2, 0.25) is 0 Å². The highest BCUT2D eigenvalue weighted by Gasteiger charge is 2.20. The molecule has 0 heterocycles. The van der Waals surface area contributed by atoms with Crippen molar-refractivity contribution in [3.8, 4) is 5.75 Å². The predicted octanol–water partition coefficient (Wildman–Crippen LogP) is 3.28. The summed E-state index contributed by atoms with van der Waals surface area (Å²) in [5.41, 5.74) is 1.54. The molecule has 0 atom stereocenters. The van der Waals surface area contributed by atoms with Crippen LogP contribution in [0.15, 0.2) is 18.2 Å². The quantitative estimate of drug-likeness (QED) is 0.770. The number of benzene rings is 1. The maximum absolute atomic E-state index is 11.3. The van der Waals surface area contributed by atoms with E-state index in [1.807, 2.05) is 6.07 Å². The molecule has 1 aromatic carbocycles. The number of phenols is 1. The van der Waals surface area contributed by atoms with Gasteiger partial charge in [0.05, 0.1) is 5.56 Å². The van der Waals surface area contributed by atoms with Crippen molar-refractivity contribution in [2.45, 2.75) is 39.5 Å². The van der Waals surface area contributed by atoms with Gasteiger partial charge in [0.1, 0.15) is 5.75 Å². The summed E-state index contributed by atoms with van der Waals surface area (Å²) in [6, 6.07) is 5.27. The van der Waals surface area contributed by atoms with E-state index < -0.39 is 0 Å². The summed E-state index contributed by atoms with van der Waals surface area (Å²) >= 11 is 0. The van der Waals surface area contributed by atoms with Gasteiger partial charge in [-0.05, 0) is 36.5 Å². The lowest BCUT2D eigenvalue weighted by Gasteiger charge is -2.23. The first-order chi connectivity index (χ1) is 6.88. The van der Waals surface area contributed by atoms with E-state index in [0.717, 1.165) is 12.0 Å². The van der Waals surface area contributed by atoms with Gasteiger partial charge < -0.3 is 5.11 Å². The molecule has 0 bridgehead atoms. The average molecular weight is 206 g/mol. The first-order valence-corrected chi connectivity index (χ1v) is 5.23. The zero-order chi connectivity index (χ0) is 11.6. The van der Waals surface area contributed by atoms with E-state index in [2.05, 4.69) is 20.8 Å². The zero-order valence-electron chi connectivity index (χ0n) is 9.79. The fourth-order valence-electron chi connectivity index (χ4n) is 1.44. The van der Waals surface area contributed by atoms with Crippen molar-refractivity contribution < 1.29 is 9.90 Å². The highest BCUT2D eigenvalue weighted by atomic mass is 16.3. The summed E-state index contributed by atoms with van der Waals surface area (Å²) in [4.78, 5) is 11.3. The highest BCUT2D eigenvalue weighted by Crippen LogP contribution is 2.30. The molecule has 0 fully saturated rings. The van der Waals surface area contributed by atoms with Crippen LogP contribution in [0.25, 0.3) is 0 Å². The van der Waals surface area contributed by atoms with E-state index >= 15 is 0 Å². The molecule has 0 amide bonds. The van der Waals surface area contributed by atoms with E-state index in [4.69, 9.17) is 0 Å². The van der Waals surface area contributed by atoms with Gasteiger partial charge in [0, 0.05) is 0 Å². The minimum Gasteiger partial charge on any atom is -0.507 e. The second kappa shape index (κ2) is 4.05. The fraction of sp³-hybridized carbons (Fsp3) is 0.462. The van der Waals surface area contributed by atoms with E-state index in [9.17, 15) is 9.90 Å². The Kier molecular flexibility index (Phi) is 3.18. The van der Waals surface area contributed by atoms with Crippen LogP contribution in [-0.4, -0.2) is 10.9 Å². The topological polar surface area (TPSA) is 37.3 Å². The maximum Gasteiger partial charge on any atom is 0.163 e. The molecular formula is C13H18O2. The van der Waals surface area contributed by atoms with E-state index in [-0.39, 0.29) is 16.9 Å². The van der Waals surface area contributed by atoms with Crippen molar-refractivity contribution in [2.24, 2.45) is 0 Å². The molecule has 0 aliphatic carbocycles. The number of hydrogen-bond donors (Lipinski definition) is 1. The van der Waals surface area contributed by atoms with Crippen LogP contribution in [0.5, 0.6) is 5.75 Å². The number of carbonyl (C=O) groups excluding carboxylic acids is 1. The summed E-state index contributed by atoms with van der Waals surface area (Å²) in [7, 11) is 0. The number of phenolic OH excluding ortho intramolecular Hbond substituents is 1. The van der Waals surface area contributed by atoms with Crippen molar-refractivity contribution in [1.29, 1.82) is 0 Å². The van der Waals surface area contributed by atoms with Crippen molar-refractivity contribution in [3.63, 3.8) is 0 Å². The van der Waals surface area contributed by atoms with Gasteiger partial charge in [0.15, 0.2) is 5.78 Å². The number of Topliss-reactive ketones (excluding diaryl/α,β-unsaturated/α-hetero) is 1. The summed E-state index contributed by atoms with van der Waals surface area (Å²) in [5, 5.41) is 9.52. The molecule has 0 aromatic heterocycles. The van der Waals surface area contributed by atoms with Crippen molar-refractivity contribution in [1.82, 2.24) is 0 Å². The number of rotatable bonds is 3. The number of ketones is 1. The van der Waals surface area contributed by atoms with Gasteiger partial charge in [-0.1, -0.05) is 26.8 Å². The summed E-state index contributed by atoms with van der Waals surface area (Å²) in [6.07, 6.45) is 0.995. The second-order valence-corrected chi connectivity index (χ2v) is 4.53. The third kappa shape index (κ3) is 2.38. The Morgan fingerprint density at radius 1 is 1.40 bits per heavy atom. The van der Waals surface area contributed by atoms with E-state index in [0.29, 0.717) is 5.56 Å². The molecule has 2 heteroatoms. The number of carbonyl (C=O) groups is 1. The highest BCUT2D eigenvalue weighted by molar-refractivity contribution is 5.96. The first kappa shape index (κ1) is 11.8. The molecule has 0 aliphatic heterocycles. The lowest BCUT2D eigenvalue weighted by atomic mass is 9.81. The number of aromatic hydroxyl groups is 1. The van der Waals surface area contributed by atoms with Gasteiger partial charge in [-0.2, -0.15) is 0 Å². The minimum atomic E-state index is -0.0961. The van der Waals surface area contributed by atoms with Crippen LogP contribution in [0, 0.1) is 0 Å². The van der Waals surface area contributed by atoms with Crippen LogP contribution in [0.2, 0.25) is 0 Å². The smallest absolute Gasteiger partial charge is 0.163 e. The van der Waals surface area contributed by atoms with E-state index in [1.165, 1.54) is 6.92 Å². The van der Waals surface area contributed by atoms with Crippen molar-refractivity contribution in [2.75, 3.05) is 0 Å². The third-order valence-electron chi connectivity index (χ3n) is 3.04. The van der Waals surface area contributed by atoms with Crippen molar-refractivity contribution >= 4 is 5.78 Å².